The molecule has 0 aromatic heterocycles. The fourth-order valence-electron chi connectivity index (χ4n) is 2.31. The van der Waals surface area contributed by atoms with Gasteiger partial charge in [0.05, 0.1) is 5.60 Å². The molecule has 1 aromatic carbocycles. The van der Waals surface area contributed by atoms with Gasteiger partial charge in [0.1, 0.15) is 0 Å². The molecule has 2 nitrogen and oxygen atoms in total. The van der Waals surface area contributed by atoms with Crippen molar-refractivity contribution in [2.75, 3.05) is 0 Å². The minimum Gasteiger partial charge on any atom is -0.389 e. The van der Waals surface area contributed by atoms with Gasteiger partial charge in [-0.3, -0.25) is 0 Å². The van der Waals surface area contributed by atoms with Crippen LogP contribution in [0.25, 0.3) is 0 Å². The lowest BCUT2D eigenvalue weighted by molar-refractivity contribution is 0.0387. The van der Waals surface area contributed by atoms with Crippen LogP contribution in [0.3, 0.4) is 0 Å². The third-order valence-corrected chi connectivity index (χ3v) is 3.32. The zero-order chi connectivity index (χ0) is 10.7. The Kier molecular flexibility index (Phi) is 3.08. The standard InChI is InChI=1S/C13H19NO/c1-13(15)9-5-8-12(13)14-10-11-6-3-2-4-7-11/h2-4,6-7,12,14-15H,5,8-10H2,1H3/t12-,13+/m1/s1. The average Bonchev–Trinajstić information content (AvgIpc) is 2.56. The summed E-state index contributed by atoms with van der Waals surface area (Å²) >= 11 is 0. The molecule has 1 aliphatic rings. The van der Waals surface area contributed by atoms with E-state index < -0.39 is 5.60 Å². The van der Waals surface area contributed by atoms with Crippen molar-refractivity contribution in [1.29, 1.82) is 0 Å². The van der Waals surface area contributed by atoms with Crippen molar-refractivity contribution >= 4 is 0 Å². The average molecular weight is 205 g/mol. The van der Waals surface area contributed by atoms with Crippen LogP contribution in [-0.2, 0) is 6.54 Å². The maximum absolute atomic E-state index is 10.1. The van der Waals surface area contributed by atoms with E-state index >= 15 is 0 Å². The van der Waals surface area contributed by atoms with Gasteiger partial charge in [0.2, 0.25) is 0 Å². The second-order valence-corrected chi connectivity index (χ2v) is 4.67. The summed E-state index contributed by atoms with van der Waals surface area (Å²) in [6.45, 7) is 2.78. The number of hydrogen-bond acceptors (Lipinski definition) is 2. The molecule has 2 heteroatoms. The van der Waals surface area contributed by atoms with Crippen LogP contribution in [0.4, 0.5) is 0 Å². The highest BCUT2D eigenvalue weighted by atomic mass is 16.3. The molecular weight excluding hydrogens is 186 g/mol. The Balaban J connectivity index is 1.89. The topological polar surface area (TPSA) is 32.3 Å². The fourth-order valence-corrected chi connectivity index (χ4v) is 2.31. The van der Waals surface area contributed by atoms with Crippen LogP contribution in [0, 0.1) is 0 Å². The molecule has 1 saturated carbocycles. The van der Waals surface area contributed by atoms with Gasteiger partial charge >= 0.3 is 0 Å². The molecule has 0 spiro atoms. The summed E-state index contributed by atoms with van der Waals surface area (Å²) in [7, 11) is 0. The molecule has 15 heavy (non-hydrogen) atoms. The van der Waals surface area contributed by atoms with E-state index in [0.29, 0.717) is 0 Å². The van der Waals surface area contributed by atoms with Crippen LogP contribution in [0.15, 0.2) is 30.3 Å². The van der Waals surface area contributed by atoms with Gasteiger partial charge in [0.25, 0.3) is 0 Å². The largest absolute Gasteiger partial charge is 0.389 e. The van der Waals surface area contributed by atoms with Gasteiger partial charge in [-0.15, -0.1) is 0 Å². The van der Waals surface area contributed by atoms with Crippen molar-refractivity contribution < 1.29 is 5.11 Å². The molecular formula is C13H19NO. The van der Waals surface area contributed by atoms with Gasteiger partial charge in [-0.2, -0.15) is 0 Å². The molecule has 0 bridgehead atoms. The second kappa shape index (κ2) is 4.33. The molecule has 2 atom stereocenters. The lowest BCUT2D eigenvalue weighted by atomic mass is 10.0. The van der Waals surface area contributed by atoms with Gasteiger partial charge in [-0.05, 0) is 31.7 Å². The van der Waals surface area contributed by atoms with E-state index in [-0.39, 0.29) is 6.04 Å². The second-order valence-electron chi connectivity index (χ2n) is 4.67. The molecule has 2 rings (SSSR count). The molecule has 1 fully saturated rings. The van der Waals surface area contributed by atoms with Crippen LogP contribution >= 0.6 is 0 Å². The van der Waals surface area contributed by atoms with Gasteiger partial charge < -0.3 is 10.4 Å². The van der Waals surface area contributed by atoms with Crippen molar-refractivity contribution in [3.8, 4) is 0 Å². The van der Waals surface area contributed by atoms with Gasteiger partial charge in [0, 0.05) is 12.6 Å². The summed E-state index contributed by atoms with van der Waals surface area (Å²) < 4.78 is 0. The predicted molar refractivity (Wildman–Crippen MR) is 61.5 cm³/mol. The Morgan fingerprint density at radius 2 is 2.13 bits per heavy atom. The van der Waals surface area contributed by atoms with E-state index in [1.807, 2.05) is 25.1 Å². The minimum atomic E-state index is -0.519. The smallest absolute Gasteiger partial charge is 0.0772 e. The predicted octanol–water partition coefficient (Wildman–Crippen LogP) is 2.08. The number of rotatable bonds is 3. The number of nitrogens with one attached hydrogen (secondary N) is 1. The highest BCUT2D eigenvalue weighted by molar-refractivity contribution is 5.14. The van der Waals surface area contributed by atoms with Crippen molar-refractivity contribution in [3.63, 3.8) is 0 Å². The van der Waals surface area contributed by atoms with Crippen molar-refractivity contribution in [3.05, 3.63) is 35.9 Å². The van der Waals surface area contributed by atoms with E-state index in [1.54, 1.807) is 0 Å². The summed E-state index contributed by atoms with van der Waals surface area (Å²) in [5.74, 6) is 0. The molecule has 0 aliphatic heterocycles. The van der Waals surface area contributed by atoms with E-state index in [0.717, 1.165) is 25.8 Å². The number of hydrogen-bond donors (Lipinski definition) is 2. The normalized spacial score (nSPS) is 30.7. The first-order chi connectivity index (χ1) is 7.18. The van der Waals surface area contributed by atoms with Crippen LogP contribution in [-0.4, -0.2) is 16.7 Å². The quantitative estimate of drug-likeness (QED) is 0.792. The molecule has 2 N–H and O–H groups in total. The Morgan fingerprint density at radius 1 is 1.40 bits per heavy atom. The first-order valence-electron chi connectivity index (χ1n) is 5.68. The van der Waals surface area contributed by atoms with Gasteiger partial charge in [-0.25, -0.2) is 0 Å². The molecule has 1 aromatic rings. The summed E-state index contributed by atoms with van der Waals surface area (Å²) in [6, 6.07) is 10.6. The molecule has 0 radical (unpaired) electrons. The Labute approximate surface area is 91.3 Å². The highest BCUT2D eigenvalue weighted by Crippen LogP contribution is 2.29. The van der Waals surface area contributed by atoms with E-state index in [2.05, 4.69) is 17.4 Å². The van der Waals surface area contributed by atoms with E-state index in [4.69, 9.17) is 0 Å². The molecule has 82 valence electrons. The van der Waals surface area contributed by atoms with Crippen LogP contribution in [0.5, 0.6) is 0 Å². The summed E-state index contributed by atoms with van der Waals surface area (Å²) in [4.78, 5) is 0. The zero-order valence-corrected chi connectivity index (χ0v) is 9.24. The molecule has 0 amide bonds. The van der Waals surface area contributed by atoms with Crippen LogP contribution in [0.2, 0.25) is 0 Å². The molecule has 1 aliphatic carbocycles. The maximum atomic E-state index is 10.1. The zero-order valence-electron chi connectivity index (χ0n) is 9.24. The Bertz CT molecular complexity index is 308. The maximum Gasteiger partial charge on any atom is 0.0772 e. The number of aliphatic hydroxyl groups is 1. The molecule has 0 saturated heterocycles. The minimum absolute atomic E-state index is 0.248. The first-order valence-corrected chi connectivity index (χ1v) is 5.68. The van der Waals surface area contributed by atoms with Gasteiger partial charge in [0.15, 0.2) is 0 Å². The fraction of sp³-hybridized carbons (Fsp3) is 0.538. The third kappa shape index (κ3) is 2.58. The first kappa shape index (κ1) is 10.7. The molecule has 0 unspecified atom stereocenters. The Morgan fingerprint density at radius 3 is 2.73 bits per heavy atom. The molecule has 0 heterocycles. The Hall–Kier alpha value is -0.860. The summed E-state index contributed by atoms with van der Waals surface area (Å²) in [5.41, 5.74) is 0.759. The van der Waals surface area contributed by atoms with Crippen LogP contribution in [0.1, 0.15) is 31.7 Å². The lowest BCUT2D eigenvalue weighted by Gasteiger charge is -2.26. The van der Waals surface area contributed by atoms with Gasteiger partial charge in [-0.1, -0.05) is 30.3 Å². The highest BCUT2D eigenvalue weighted by Gasteiger charge is 2.35. The van der Waals surface area contributed by atoms with E-state index in [9.17, 15) is 5.11 Å². The third-order valence-electron chi connectivity index (χ3n) is 3.32. The summed E-state index contributed by atoms with van der Waals surface area (Å²) in [6.07, 6.45) is 3.12. The van der Waals surface area contributed by atoms with Crippen LogP contribution < -0.4 is 5.32 Å². The van der Waals surface area contributed by atoms with E-state index in [1.165, 1.54) is 5.56 Å². The monoisotopic (exact) mass is 205 g/mol. The van der Waals surface area contributed by atoms with Crippen molar-refractivity contribution in [1.82, 2.24) is 5.32 Å². The van der Waals surface area contributed by atoms with Crippen molar-refractivity contribution in [2.24, 2.45) is 0 Å². The lowest BCUT2D eigenvalue weighted by Crippen LogP contribution is -2.44. The van der Waals surface area contributed by atoms with Crippen molar-refractivity contribution in [2.45, 2.75) is 44.4 Å². The number of benzene rings is 1. The summed E-state index contributed by atoms with van der Waals surface area (Å²) in [5, 5.41) is 13.5. The SMILES string of the molecule is C[C@]1(O)CCC[C@H]1NCc1ccccc1.